The van der Waals surface area contributed by atoms with Crippen LogP contribution in [-0.4, -0.2) is 158 Å². The van der Waals surface area contributed by atoms with E-state index < -0.39 is 121 Å². The fraction of sp³-hybridized carbons (Fsp3) is 0.432. The van der Waals surface area contributed by atoms with E-state index in [9.17, 15) is 63.3 Å². The van der Waals surface area contributed by atoms with Gasteiger partial charge in [0.15, 0.2) is 23.6 Å². The van der Waals surface area contributed by atoms with E-state index in [2.05, 4.69) is 38.4 Å². The van der Waals surface area contributed by atoms with Crippen LogP contribution in [0.15, 0.2) is 91.0 Å². The van der Waals surface area contributed by atoms with Crippen LogP contribution in [0.5, 0.6) is 11.5 Å². The number of para-hydroxylation sites is 1. The van der Waals surface area contributed by atoms with Gasteiger partial charge in [0.05, 0.1) is 68.5 Å². The number of alkyl carbamates (subject to hydrolysis) is 1. The third-order valence-corrected chi connectivity index (χ3v) is 18.5. The SMILES string of the molecule is COc1cccc2c1C(=O)c1c(O)c3c(c(C)c1C2=O)C[C@@](O)(C(=O)CO)C[C@@H]3O[C@H]1C[C@H](NC(=O)OCc2ccc(NC(=O)C(CCCNC(N)=O)CC(=O)[C@@H](NC(=O)COCCOCCNC(=O)CCC(=O)N3Cc4ccccc4C#Cc4ccccc43)C(C)C)cc2)[C@H](C)[C@H](C)O1. The number of methoxy groups -OCH3 is 1. The Morgan fingerprint density at radius 1 is 0.820 bits per heavy atom. The molecule has 1 fully saturated rings. The molecular weight excluding hydrogens is 1290 g/mol. The fourth-order valence-electron chi connectivity index (χ4n) is 12.9. The van der Waals surface area contributed by atoms with E-state index in [4.69, 9.17) is 34.2 Å². The third-order valence-electron chi connectivity index (χ3n) is 18.5. The Hall–Kier alpha value is -9.88. The Labute approximate surface area is 578 Å². The molecular formula is C74H85N7O19. The normalized spacial score (nSPS) is 19.4. The van der Waals surface area contributed by atoms with Crippen molar-refractivity contribution in [3.63, 3.8) is 0 Å². The van der Waals surface area contributed by atoms with Gasteiger partial charge in [0.1, 0.15) is 36.9 Å². The van der Waals surface area contributed by atoms with Crippen LogP contribution in [0.3, 0.4) is 0 Å². The van der Waals surface area contributed by atoms with Gasteiger partial charge in [0.2, 0.25) is 29.4 Å². The number of phenols is 1. The second kappa shape index (κ2) is 33.8. The molecule has 26 heteroatoms. The summed E-state index contributed by atoms with van der Waals surface area (Å²) in [6.45, 7) is 7.90. The molecule has 2 heterocycles. The Morgan fingerprint density at radius 3 is 2.27 bits per heavy atom. The number of amides is 7. The number of nitrogens with one attached hydrogen (secondary N) is 5. The molecule has 4 aliphatic rings. The van der Waals surface area contributed by atoms with Gasteiger partial charge >= 0.3 is 12.1 Å². The molecule has 5 aromatic carbocycles. The smallest absolute Gasteiger partial charge is 0.407 e. The highest BCUT2D eigenvalue weighted by atomic mass is 16.7. The molecule has 100 heavy (non-hydrogen) atoms. The van der Waals surface area contributed by atoms with Gasteiger partial charge in [-0.1, -0.05) is 87.2 Å². The maximum atomic E-state index is 14.3. The number of fused-ring (bicyclic) bond motifs is 5. The average molecular weight is 1380 g/mol. The predicted octanol–water partition coefficient (Wildman–Crippen LogP) is 5.83. The number of benzene rings is 5. The van der Waals surface area contributed by atoms with E-state index in [1.807, 2.05) is 55.5 Å². The van der Waals surface area contributed by atoms with Crippen molar-refractivity contribution in [2.45, 2.75) is 135 Å². The first-order chi connectivity index (χ1) is 47.9. The average Bonchev–Trinajstić information content (AvgIpc) is 0.711. The number of anilines is 2. The summed E-state index contributed by atoms with van der Waals surface area (Å²) in [4.78, 5) is 135. The van der Waals surface area contributed by atoms with E-state index in [1.54, 1.807) is 62.9 Å². The summed E-state index contributed by atoms with van der Waals surface area (Å²) in [5, 5.41) is 47.6. The van der Waals surface area contributed by atoms with Gasteiger partial charge < -0.3 is 81.0 Å². The van der Waals surface area contributed by atoms with Crippen LogP contribution in [0.1, 0.15) is 150 Å². The number of ether oxygens (including phenoxy) is 6. The molecule has 1 saturated heterocycles. The number of nitrogens with two attached hydrogens (primary N) is 1. The highest BCUT2D eigenvalue weighted by molar-refractivity contribution is 6.31. The van der Waals surface area contributed by atoms with Crippen molar-refractivity contribution in [1.29, 1.82) is 0 Å². The van der Waals surface area contributed by atoms with Crippen molar-refractivity contribution in [2.24, 2.45) is 23.5 Å². The minimum absolute atomic E-state index is 0.0130. The lowest BCUT2D eigenvalue weighted by Gasteiger charge is -2.43. The zero-order chi connectivity index (χ0) is 71.9. The standard InChI is InChI=1S/C74H85N7O19/c1-41(2)67(80-60(86)40-97-32-31-96-30-29-76-59(85)26-27-61(87)81-37-49-15-8-7-13-46(49)22-23-47-14-9-10-18-54(47)81)55(83)33-48(16-12-28-77-72(75)92)71(91)78-50-24-20-45(21-25-50)39-98-73(93)79-53-34-62(99-44(5)42(53)3)100-57-36-74(94,58(84)38-82)35-52-43(4)63-66(70(90)65(52)57)69(89)64-51(68(63)88)17-11-19-56(64)95-6/h7-11,13-15,17-21,24-25,41-42,44,48,53,57,62,67,82,90,94H,12,16,26-40H2,1-6H3,(H,76,85)(H,78,91)(H,79,93)(H,80,86)(H3,75,77,92)/t42-,44+,48?,53+,57+,62+,67+,74+/m1/s1. The van der Waals surface area contributed by atoms with E-state index in [0.717, 1.165) is 16.7 Å². The minimum atomic E-state index is -2.22. The van der Waals surface area contributed by atoms with Crippen LogP contribution < -0.4 is 42.0 Å². The van der Waals surface area contributed by atoms with Crippen LogP contribution in [0.2, 0.25) is 0 Å². The van der Waals surface area contributed by atoms with Crippen molar-refractivity contribution in [2.75, 3.05) is 63.5 Å². The van der Waals surface area contributed by atoms with Crippen LogP contribution in [0.25, 0.3) is 0 Å². The molecule has 26 nitrogen and oxygen atoms in total. The topological polar surface area (TPSA) is 376 Å². The first-order valence-corrected chi connectivity index (χ1v) is 33.3. The summed E-state index contributed by atoms with van der Waals surface area (Å²) in [6, 6.07) is 23.6. The maximum Gasteiger partial charge on any atom is 0.407 e. The summed E-state index contributed by atoms with van der Waals surface area (Å²) >= 11 is 0. The highest BCUT2D eigenvalue weighted by Crippen LogP contribution is 2.51. The number of hydrogen-bond acceptors (Lipinski definition) is 19. The van der Waals surface area contributed by atoms with E-state index in [1.165, 1.54) is 19.2 Å². The zero-order valence-electron chi connectivity index (χ0n) is 56.7. The van der Waals surface area contributed by atoms with Crippen molar-refractivity contribution in [3.8, 4) is 23.3 Å². The summed E-state index contributed by atoms with van der Waals surface area (Å²) in [7, 11) is 1.35. The molecule has 2 aliphatic carbocycles. The van der Waals surface area contributed by atoms with Gasteiger partial charge in [-0.25, -0.2) is 9.59 Å². The number of hydrogen-bond donors (Lipinski definition) is 9. The molecule has 0 bridgehead atoms. The molecule has 0 spiro atoms. The van der Waals surface area contributed by atoms with E-state index >= 15 is 0 Å². The number of urea groups is 1. The number of carbonyl (C=O) groups is 10. The Kier molecular flexibility index (Phi) is 25.1. The third kappa shape index (κ3) is 17.9. The monoisotopic (exact) mass is 1380 g/mol. The predicted molar refractivity (Wildman–Crippen MR) is 363 cm³/mol. The fourth-order valence-corrected chi connectivity index (χ4v) is 12.9. The van der Waals surface area contributed by atoms with Gasteiger partial charge in [-0.2, -0.15) is 0 Å². The first kappa shape index (κ1) is 74.3. The van der Waals surface area contributed by atoms with Crippen molar-refractivity contribution in [1.82, 2.24) is 21.3 Å². The zero-order valence-corrected chi connectivity index (χ0v) is 56.7. The van der Waals surface area contributed by atoms with Crippen LogP contribution in [0, 0.1) is 36.5 Å². The lowest BCUT2D eigenvalue weighted by Crippen LogP contribution is -2.52. The number of phenolic OH excluding ortho intramolecular Hbond substituents is 1. The number of aliphatic hydroxyl groups excluding tert-OH is 1. The largest absolute Gasteiger partial charge is 0.507 e. The number of rotatable bonds is 30. The second-order valence-electron chi connectivity index (χ2n) is 25.7. The Bertz CT molecular complexity index is 4000. The summed E-state index contributed by atoms with van der Waals surface area (Å²) in [5.74, 6) is 0.0751. The molecule has 0 radical (unpaired) electrons. The number of primary amides is 1. The minimum Gasteiger partial charge on any atom is -0.507 e. The van der Waals surface area contributed by atoms with Gasteiger partial charge in [-0.05, 0) is 91.3 Å². The summed E-state index contributed by atoms with van der Waals surface area (Å²) < 4.78 is 34.9. The van der Waals surface area contributed by atoms with Gasteiger partial charge in [-0.15, -0.1) is 0 Å². The number of nitrogens with zero attached hydrogens (tertiary/aromatic N) is 1. The summed E-state index contributed by atoms with van der Waals surface area (Å²) in [6.07, 6.45) is -4.57. The van der Waals surface area contributed by atoms with Crippen LogP contribution >= 0.6 is 0 Å². The number of ketones is 4. The lowest BCUT2D eigenvalue weighted by molar-refractivity contribution is -0.238. The quantitative estimate of drug-likeness (QED) is 0.0189. The van der Waals surface area contributed by atoms with E-state index in [-0.39, 0.29) is 146 Å². The molecule has 9 rings (SSSR count). The first-order valence-electron chi connectivity index (χ1n) is 33.3. The summed E-state index contributed by atoms with van der Waals surface area (Å²) in [5.41, 5.74) is 7.17. The molecule has 0 aromatic heterocycles. The number of Topliss-reactive ketones (excluding diaryl/α,β-unsaturated/α-hetero) is 2. The Balaban J connectivity index is 0.723. The van der Waals surface area contributed by atoms with Crippen molar-refractivity contribution < 1.29 is 91.7 Å². The van der Waals surface area contributed by atoms with Crippen molar-refractivity contribution >= 4 is 70.3 Å². The number of aliphatic hydroxyl groups is 2. The number of aromatic hydroxyl groups is 1. The van der Waals surface area contributed by atoms with Crippen LogP contribution in [-0.2, 0) is 72.0 Å². The molecule has 10 N–H and O–H groups in total. The Morgan fingerprint density at radius 2 is 1.54 bits per heavy atom. The van der Waals surface area contributed by atoms with Gasteiger partial charge in [0.25, 0.3) is 0 Å². The molecule has 530 valence electrons. The molecule has 1 unspecified atom stereocenters. The van der Waals surface area contributed by atoms with Crippen LogP contribution in [0.4, 0.5) is 21.0 Å². The second-order valence-corrected chi connectivity index (χ2v) is 25.7. The lowest BCUT2D eigenvalue weighted by atomic mass is 9.70. The maximum absolute atomic E-state index is 14.3. The molecule has 7 amide bonds. The molecule has 0 saturated carbocycles. The molecule has 8 atom stereocenters. The van der Waals surface area contributed by atoms with Gasteiger partial charge in [0, 0.05) is 103 Å². The number of carbonyl (C=O) groups excluding carboxylic acids is 10. The van der Waals surface area contributed by atoms with E-state index in [0.29, 0.717) is 23.5 Å². The molecule has 5 aromatic rings. The molecule has 2 aliphatic heterocycles. The highest BCUT2D eigenvalue weighted by Gasteiger charge is 2.50. The van der Waals surface area contributed by atoms with Gasteiger partial charge in [-0.3, -0.25) is 38.4 Å². The van der Waals surface area contributed by atoms with Crippen molar-refractivity contribution in [3.05, 3.63) is 152 Å².